The van der Waals surface area contributed by atoms with Crippen molar-refractivity contribution in [3.05, 3.63) is 76.9 Å². The summed E-state index contributed by atoms with van der Waals surface area (Å²) in [6.45, 7) is 0. The molecule has 0 saturated carbocycles. The van der Waals surface area contributed by atoms with E-state index in [0.717, 1.165) is 5.56 Å². The molecule has 0 fully saturated rings. The maximum atomic E-state index is 12.8. The molecule has 0 unspecified atom stereocenters. The quantitative estimate of drug-likeness (QED) is 0.625. The first-order valence-electron chi connectivity index (χ1n) is 7.03. The Balaban J connectivity index is 2.09. The lowest BCUT2D eigenvalue weighted by Gasteiger charge is -2.22. The second kappa shape index (κ2) is 6.14. The summed E-state index contributed by atoms with van der Waals surface area (Å²) in [6, 6.07) is 15.8. The largest absolute Gasteiger partial charge is 0.796 e. The average molecular weight is 298 g/mol. The molecule has 5 heteroatoms. The molecule has 2 aromatic rings. The van der Waals surface area contributed by atoms with Gasteiger partial charge in [-0.15, -0.1) is 0 Å². The highest BCUT2D eigenvalue weighted by Gasteiger charge is 2.30. The van der Waals surface area contributed by atoms with Crippen molar-refractivity contribution in [2.75, 3.05) is 0 Å². The number of benzene rings is 2. The van der Waals surface area contributed by atoms with Crippen LogP contribution in [0.5, 0.6) is 0 Å². The molecule has 0 aliphatic heterocycles. The molecule has 0 saturated heterocycles. The normalized spacial score (nSPS) is 13.5. The Morgan fingerprint density at radius 1 is 0.955 bits per heavy atom. The maximum Gasteiger partial charge on any atom is 0.796 e. The molecule has 22 heavy (non-hydrogen) atoms. The molecule has 0 amide bonds. The number of carbonyl (C=O) groups is 1. The van der Waals surface area contributed by atoms with Crippen LogP contribution < -0.4 is 0 Å². The van der Waals surface area contributed by atoms with E-state index in [0.29, 0.717) is 29.5 Å². The second-order valence-electron chi connectivity index (χ2n) is 5.04. The van der Waals surface area contributed by atoms with Gasteiger partial charge in [0, 0.05) is 16.7 Å². The van der Waals surface area contributed by atoms with E-state index in [4.69, 9.17) is 4.65 Å². The minimum Gasteiger partial charge on any atom is -0.504 e. The first-order valence-corrected chi connectivity index (χ1v) is 7.03. The lowest BCUT2D eigenvalue weighted by Crippen LogP contribution is -2.17. The number of hydrogen-bond acceptors (Lipinski definition) is 2. The van der Waals surface area contributed by atoms with Crippen molar-refractivity contribution in [2.45, 2.75) is 12.8 Å². The summed E-state index contributed by atoms with van der Waals surface area (Å²) in [6.07, 6.45) is 1.03. The Morgan fingerprint density at radius 2 is 1.64 bits per heavy atom. The van der Waals surface area contributed by atoms with Crippen LogP contribution in [0.25, 0.3) is 5.76 Å². The van der Waals surface area contributed by atoms with Gasteiger partial charge in [-0.2, -0.15) is 0 Å². The first kappa shape index (κ1) is 14.5. The molecule has 2 aromatic carbocycles. The number of allylic oxidation sites excluding steroid dienone is 1. The van der Waals surface area contributed by atoms with Crippen LogP contribution in [-0.2, 0) is 11.1 Å². The van der Waals surface area contributed by atoms with E-state index in [2.05, 4.69) is 0 Å². The van der Waals surface area contributed by atoms with Crippen LogP contribution in [-0.4, -0.2) is 13.3 Å². The van der Waals surface area contributed by atoms with Crippen molar-refractivity contribution in [2.24, 2.45) is 0 Å². The van der Waals surface area contributed by atoms with Gasteiger partial charge >= 0.3 is 7.47 Å². The number of Topliss-reactive ketones (excluding diaryl/α,β-unsaturated/α-hetero) is 1. The van der Waals surface area contributed by atoms with Gasteiger partial charge in [-0.25, -0.2) is 8.63 Å². The van der Waals surface area contributed by atoms with Crippen LogP contribution in [0.4, 0.5) is 8.63 Å². The molecule has 1 aliphatic carbocycles. The predicted octanol–water partition coefficient (Wildman–Crippen LogP) is 4.17. The van der Waals surface area contributed by atoms with Gasteiger partial charge in [0.2, 0.25) is 0 Å². The summed E-state index contributed by atoms with van der Waals surface area (Å²) in [5, 5.41) is 0. The van der Waals surface area contributed by atoms with E-state index in [1.807, 2.05) is 12.1 Å². The van der Waals surface area contributed by atoms with E-state index in [9.17, 15) is 13.4 Å². The molecule has 2 nitrogen and oxygen atoms in total. The Bertz CT molecular complexity index is 726. The third-order valence-corrected chi connectivity index (χ3v) is 3.70. The van der Waals surface area contributed by atoms with Crippen LogP contribution >= 0.6 is 0 Å². The molecule has 0 heterocycles. The number of hydrogen-bond donors (Lipinski definition) is 0. The predicted molar refractivity (Wildman–Crippen MR) is 81.5 cm³/mol. The van der Waals surface area contributed by atoms with Crippen molar-refractivity contribution >= 4 is 19.0 Å². The molecule has 0 spiro atoms. The Kier molecular flexibility index (Phi) is 4.05. The summed E-state index contributed by atoms with van der Waals surface area (Å²) in [7, 11) is -2.96. The van der Waals surface area contributed by atoms with Crippen molar-refractivity contribution in [3.8, 4) is 0 Å². The molecule has 110 valence electrons. The van der Waals surface area contributed by atoms with Crippen LogP contribution in [0.2, 0.25) is 0 Å². The zero-order valence-electron chi connectivity index (χ0n) is 11.8. The van der Waals surface area contributed by atoms with Crippen molar-refractivity contribution in [3.63, 3.8) is 0 Å². The number of ketones is 1. The van der Waals surface area contributed by atoms with Crippen LogP contribution in [0.1, 0.15) is 27.9 Å². The molecule has 0 N–H and O–H groups in total. The summed E-state index contributed by atoms with van der Waals surface area (Å²) in [5.41, 5.74) is 2.29. The fourth-order valence-corrected chi connectivity index (χ4v) is 2.70. The molecule has 0 atom stereocenters. The van der Waals surface area contributed by atoms with Crippen molar-refractivity contribution in [1.29, 1.82) is 0 Å². The lowest BCUT2D eigenvalue weighted by molar-refractivity contribution is 0.102. The maximum absolute atomic E-state index is 12.8. The fraction of sp³-hybridized carbons (Fsp3) is 0.118. The molecule has 0 radical (unpaired) electrons. The molecule has 0 aromatic heterocycles. The number of rotatable bonds is 4. The molecular formula is C17H13BF2O2. The highest BCUT2D eigenvalue weighted by Crippen LogP contribution is 2.34. The molecule has 1 aliphatic rings. The number of aryl methyl sites for hydroxylation is 1. The standard InChI is InChI=1S/C17H13BF2O2/c19-18(20)22-17-14-9-5-4-6-12(14)10-11-15(17)16(21)13-7-2-1-3-8-13/h1-9H,10-11H2. The van der Waals surface area contributed by atoms with Gasteiger partial charge in [-0.05, 0) is 18.4 Å². The minimum atomic E-state index is -2.96. The third-order valence-electron chi connectivity index (χ3n) is 3.70. The van der Waals surface area contributed by atoms with Gasteiger partial charge in [0.15, 0.2) is 5.78 Å². The van der Waals surface area contributed by atoms with Crippen molar-refractivity contribution < 1.29 is 18.1 Å². The van der Waals surface area contributed by atoms with E-state index in [1.165, 1.54) is 0 Å². The Morgan fingerprint density at radius 3 is 2.36 bits per heavy atom. The smallest absolute Gasteiger partial charge is 0.504 e. The highest BCUT2D eigenvalue weighted by molar-refractivity contribution is 6.36. The van der Waals surface area contributed by atoms with Crippen LogP contribution in [0, 0.1) is 0 Å². The van der Waals surface area contributed by atoms with E-state index in [-0.39, 0.29) is 11.5 Å². The monoisotopic (exact) mass is 298 g/mol. The first-order chi connectivity index (χ1) is 10.7. The fourth-order valence-electron chi connectivity index (χ4n) is 2.70. The third kappa shape index (κ3) is 2.79. The van der Waals surface area contributed by atoms with Gasteiger partial charge < -0.3 is 4.65 Å². The molecule has 3 rings (SSSR count). The van der Waals surface area contributed by atoms with Gasteiger partial charge in [0.25, 0.3) is 0 Å². The molecule has 0 bridgehead atoms. The summed E-state index contributed by atoms with van der Waals surface area (Å²) in [4.78, 5) is 12.6. The van der Waals surface area contributed by atoms with Gasteiger partial charge in [-0.1, -0.05) is 54.6 Å². The lowest BCUT2D eigenvalue weighted by atomic mass is 9.86. The van der Waals surface area contributed by atoms with Crippen LogP contribution in [0.3, 0.4) is 0 Å². The van der Waals surface area contributed by atoms with E-state index < -0.39 is 7.47 Å². The Hall–Kier alpha value is -2.43. The highest BCUT2D eigenvalue weighted by atomic mass is 19.2. The van der Waals surface area contributed by atoms with E-state index >= 15 is 0 Å². The minimum absolute atomic E-state index is 0.00528. The zero-order valence-corrected chi connectivity index (χ0v) is 11.8. The SMILES string of the molecule is O=C(C1=C(OB(F)F)c2ccccc2CC1)c1ccccc1. The number of halogens is 2. The second-order valence-corrected chi connectivity index (χ2v) is 5.04. The molecular weight excluding hydrogens is 285 g/mol. The van der Waals surface area contributed by atoms with Crippen molar-refractivity contribution in [1.82, 2.24) is 0 Å². The summed E-state index contributed by atoms with van der Waals surface area (Å²) >= 11 is 0. The topological polar surface area (TPSA) is 26.3 Å². The Labute approximate surface area is 127 Å². The van der Waals surface area contributed by atoms with E-state index in [1.54, 1.807) is 42.5 Å². The number of carbonyl (C=O) groups excluding carboxylic acids is 1. The summed E-state index contributed by atoms with van der Waals surface area (Å²) in [5.74, 6) is -0.253. The van der Waals surface area contributed by atoms with Gasteiger partial charge in [-0.3, -0.25) is 4.79 Å². The van der Waals surface area contributed by atoms with Gasteiger partial charge in [0.05, 0.1) is 0 Å². The zero-order chi connectivity index (χ0) is 15.5. The summed E-state index contributed by atoms with van der Waals surface area (Å²) < 4.78 is 30.3. The van der Waals surface area contributed by atoms with Crippen LogP contribution in [0.15, 0.2) is 60.2 Å². The number of fused-ring (bicyclic) bond motifs is 1. The van der Waals surface area contributed by atoms with Gasteiger partial charge in [0.1, 0.15) is 5.76 Å². The average Bonchev–Trinajstić information content (AvgIpc) is 2.55.